The average molecular weight is 351 g/mol. The smallest absolute Gasteiger partial charge is 0.230 e. The fourth-order valence-corrected chi connectivity index (χ4v) is 4.13. The molecular formula is C20H21N3OS. The molecule has 1 aliphatic carbocycles. The largest absolute Gasteiger partial charge is 0.353 e. The van der Waals surface area contributed by atoms with Crippen LogP contribution in [0.3, 0.4) is 0 Å². The molecule has 0 bridgehead atoms. The highest BCUT2D eigenvalue weighted by atomic mass is 32.2. The van der Waals surface area contributed by atoms with Crippen LogP contribution in [-0.2, 0) is 11.3 Å². The summed E-state index contributed by atoms with van der Waals surface area (Å²) in [4.78, 5) is 17.4. The topological polar surface area (TPSA) is 46.9 Å². The highest BCUT2D eigenvalue weighted by molar-refractivity contribution is 8.00. The molecule has 0 radical (unpaired) electrons. The van der Waals surface area contributed by atoms with Crippen LogP contribution in [0.15, 0.2) is 66.1 Å². The Morgan fingerprint density at radius 2 is 2.04 bits per heavy atom. The number of fused-ring (bicyclic) bond motifs is 1. The van der Waals surface area contributed by atoms with E-state index in [1.54, 1.807) is 11.8 Å². The number of benzene rings is 2. The van der Waals surface area contributed by atoms with Crippen molar-refractivity contribution in [2.45, 2.75) is 30.3 Å². The lowest BCUT2D eigenvalue weighted by atomic mass is 9.80. The van der Waals surface area contributed by atoms with Crippen molar-refractivity contribution < 1.29 is 4.79 Å². The second-order valence-electron chi connectivity index (χ2n) is 6.66. The zero-order valence-electron chi connectivity index (χ0n) is 14.0. The third kappa shape index (κ3) is 4.04. The van der Waals surface area contributed by atoms with E-state index in [9.17, 15) is 4.79 Å². The maximum Gasteiger partial charge on any atom is 0.230 e. The molecule has 1 aliphatic rings. The first-order valence-electron chi connectivity index (χ1n) is 8.63. The number of aromatic nitrogens is 2. The van der Waals surface area contributed by atoms with Crippen molar-refractivity contribution in [3.63, 3.8) is 0 Å². The Morgan fingerprint density at radius 1 is 1.20 bits per heavy atom. The molecule has 0 spiro atoms. The first-order valence-corrected chi connectivity index (χ1v) is 9.61. The van der Waals surface area contributed by atoms with E-state index in [1.807, 2.05) is 30.9 Å². The van der Waals surface area contributed by atoms with E-state index in [1.165, 1.54) is 10.8 Å². The van der Waals surface area contributed by atoms with Crippen LogP contribution in [0, 0.1) is 5.92 Å². The van der Waals surface area contributed by atoms with Crippen LogP contribution in [0.2, 0.25) is 0 Å². The van der Waals surface area contributed by atoms with E-state index in [0.717, 1.165) is 24.3 Å². The summed E-state index contributed by atoms with van der Waals surface area (Å²) in [5.74, 6) is 1.25. The first-order chi connectivity index (χ1) is 12.3. The molecule has 0 saturated heterocycles. The molecule has 0 aliphatic heterocycles. The number of imidazole rings is 1. The molecule has 2 aromatic carbocycles. The van der Waals surface area contributed by atoms with Crippen molar-refractivity contribution >= 4 is 28.4 Å². The average Bonchev–Trinajstić information content (AvgIpc) is 3.11. The molecule has 3 aromatic rings. The van der Waals surface area contributed by atoms with Gasteiger partial charge in [0, 0.05) is 29.9 Å². The van der Waals surface area contributed by atoms with Crippen LogP contribution >= 0.6 is 11.8 Å². The van der Waals surface area contributed by atoms with E-state index in [0.29, 0.717) is 17.7 Å². The summed E-state index contributed by atoms with van der Waals surface area (Å²) in [6.45, 7) is 0.998. The monoisotopic (exact) mass is 351 g/mol. The normalized spacial score (nSPS) is 19.5. The van der Waals surface area contributed by atoms with Crippen LogP contribution in [0.4, 0.5) is 0 Å². The van der Waals surface area contributed by atoms with Crippen molar-refractivity contribution in [3.8, 4) is 0 Å². The Kier molecular flexibility index (Phi) is 4.74. The zero-order chi connectivity index (χ0) is 17.1. The molecule has 5 heteroatoms. The Bertz CT molecular complexity index is 856. The lowest BCUT2D eigenvalue weighted by Crippen LogP contribution is -2.46. The molecule has 25 heavy (non-hydrogen) atoms. The number of carbonyl (C=O) groups excluding carboxylic acids is 1. The summed E-state index contributed by atoms with van der Waals surface area (Å²) in [6, 6.07) is 15.0. The Morgan fingerprint density at radius 3 is 2.84 bits per heavy atom. The van der Waals surface area contributed by atoms with E-state index in [4.69, 9.17) is 0 Å². The SMILES string of the molecule is O=C(CSc1ccc2ccccc2c1)NC1CC(Cn2ccnc2)C1. The van der Waals surface area contributed by atoms with E-state index in [-0.39, 0.29) is 5.91 Å². The van der Waals surface area contributed by atoms with Gasteiger partial charge in [0.15, 0.2) is 0 Å². The highest BCUT2D eigenvalue weighted by Crippen LogP contribution is 2.29. The van der Waals surface area contributed by atoms with E-state index in [2.05, 4.69) is 45.2 Å². The van der Waals surface area contributed by atoms with Gasteiger partial charge < -0.3 is 9.88 Å². The predicted octanol–water partition coefficient (Wildman–Crippen LogP) is 3.72. The molecule has 1 fully saturated rings. The number of carbonyl (C=O) groups is 1. The number of thioether (sulfide) groups is 1. The molecule has 0 atom stereocenters. The summed E-state index contributed by atoms with van der Waals surface area (Å²) in [5, 5.41) is 5.60. The van der Waals surface area contributed by atoms with Crippen LogP contribution in [0.1, 0.15) is 12.8 Å². The van der Waals surface area contributed by atoms with E-state index >= 15 is 0 Å². The van der Waals surface area contributed by atoms with Gasteiger partial charge in [-0.05, 0) is 41.7 Å². The molecule has 1 saturated carbocycles. The van der Waals surface area contributed by atoms with Crippen molar-refractivity contribution in [2.75, 3.05) is 5.75 Å². The minimum absolute atomic E-state index is 0.129. The molecule has 1 amide bonds. The zero-order valence-corrected chi connectivity index (χ0v) is 14.8. The second kappa shape index (κ2) is 7.31. The molecule has 1 heterocycles. The Labute approximate surface area is 151 Å². The Hall–Kier alpha value is -2.27. The van der Waals surface area contributed by atoms with Gasteiger partial charge in [-0.1, -0.05) is 30.3 Å². The van der Waals surface area contributed by atoms with Crippen molar-refractivity contribution in [3.05, 3.63) is 61.2 Å². The second-order valence-corrected chi connectivity index (χ2v) is 7.71. The molecule has 4 nitrogen and oxygen atoms in total. The minimum atomic E-state index is 0.129. The van der Waals surface area contributed by atoms with Crippen molar-refractivity contribution in [1.82, 2.24) is 14.9 Å². The van der Waals surface area contributed by atoms with Gasteiger partial charge in [0.05, 0.1) is 12.1 Å². The molecular weight excluding hydrogens is 330 g/mol. The number of hydrogen-bond acceptors (Lipinski definition) is 3. The third-order valence-electron chi connectivity index (χ3n) is 4.72. The first kappa shape index (κ1) is 16.2. The standard InChI is InChI=1S/C20H21N3OS/c24-20(22-18-9-15(10-18)12-23-8-7-21-14-23)13-25-19-6-5-16-3-1-2-4-17(16)11-19/h1-8,11,14-15,18H,9-10,12-13H2,(H,22,24). The van der Waals surface area contributed by atoms with Gasteiger partial charge in [0.2, 0.25) is 5.91 Å². The van der Waals surface area contributed by atoms with Crippen LogP contribution in [0.5, 0.6) is 0 Å². The number of rotatable bonds is 6. The number of amides is 1. The lowest BCUT2D eigenvalue weighted by molar-refractivity contribution is -0.120. The number of nitrogens with one attached hydrogen (secondary N) is 1. The third-order valence-corrected chi connectivity index (χ3v) is 5.71. The molecule has 1 N–H and O–H groups in total. The summed E-state index contributed by atoms with van der Waals surface area (Å²) >= 11 is 1.60. The van der Waals surface area contributed by atoms with Crippen molar-refractivity contribution in [2.24, 2.45) is 5.92 Å². The molecule has 4 rings (SSSR count). The van der Waals surface area contributed by atoms with Crippen LogP contribution in [-0.4, -0.2) is 27.3 Å². The predicted molar refractivity (Wildman–Crippen MR) is 102 cm³/mol. The van der Waals surface area contributed by atoms with E-state index < -0.39 is 0 Å². The maximum absolute atomic E-state index is 12.2. The Balaban J connectivity index is 1.21. The van der Waals surface area contributed by atoms with Gasteiger partial charge in [0.1, 0.15) is 0 Å². The van der Waals surface area contributed by atoms with Gasteiger partial charge in [-0.3, -0.25) is 4.79 Å². The number of nitrogens with zero attached hydrogens (tertiary/aromatic N) is 2. The fourth-order valence-electron chi connectivity index (χ4n) is 3.37. The molecule has 0 unspecified atom stereocenters. The summed E-state index contributed by atoms with van der Waals surface area (Å²) in [5.41, 5.74) is 0. The van der Waals surface area contributed by atoms with Gasteiger partial charge in [-0.2, -0.15) is 0 Å². The van der Waals surface area contributed by atoms with Crippen molar-refractivity contribution in [1.29, 1.82) is 0 Å². The van der Waals surface area contributed by atoms with Gasteiger partial charge in [-0.25, -0.2) is 4.98 Å². The fraction of sp³-hybridized carbons (Fsp3) is 0.300. The quantitative estimate of drug-likeness (QED) is 0.689. The maximum atomic E-state index is 12.2. The highest BCUT2D eigenvalue weighted by Gasteiger charge is 2.30. The minimum Gasteiger partial charge on any atom is -0.353 e. The van der Waals surface area contributed by atoms with Crippen LogP contribution < -0.4 is 5.32 Å². The van der Waals surface area contributed by atoms with Crippen LogP contribution in [0.25, 0.3) is 10.8 Å². The van der Waals surface area contributed by atoms with Gasteiger partial charge in [-0.15, -0.1) is 11.8 Å². The lowest BCUT2D eigenvalue weighted by Gasteiger charge is -2.36. The van der Waals surface area contributed by atoms with Gasteiger partial charge >= 0.3 is 0 Å². The summed E-state index contributed by atoms with van der Waals surface area (Å²) in [7, 11) is 0. The summed E-state index contributed by atoms with van der Waals surface area (Å²) in [6.07, 6.45) is 7.77. The number of hydrogen-bond donors (Lipinski definition) is 1. The van der Waals surface area contributed by atoms with Gasteiger partial charge in [0.25, 0.3) is 0 Å². The summed E-state index contributed by atoms with van der Waals surface area (Å²) < 4.78 is 2.11. The molecule has 1 aromatic heterocycles. The molecule has 128 valence electrons.